The van der Waals surface area contributed by atoms with Gasteiger partial charge in [-0.3, -0.25) is 4.79 Å². The molecule has 4 aromatic rings. The molecule has 1 N–H and O–H groups in total. The van der Waals surface area contributed by atoms with E-state index in [4.69, 9.17) is 16.3 Å². The van der Waals surface area contributed by atoms with Crippen molar-refractivity contribution < 1.29 is 4.74 Å². The van der Waals surface area contributed by atoms with Gasteiger partial charge in [0.05, 0.1) is 21.6 Å². The van der Waals surface area contributed by atoms with Gasteiger partial charge in [-0.1, -0.05) is 51.8 Å². The van der Waals surface area contributed by atoms with Crippen LogP contribution in [0.25, 0.3) is 10.9 Å². The molecule has 0 saturated carbocycles. The first kappa shape index (κ1) is 21.5. The van der Waals surface area contributed by atoms with Crippen LogP contribution in [-0.2, 0) is 6.61 Å². The van der Waals surface area contributed by atoms with Gasteiger partial charge in [0.25, 0.3) is 5.56 Å². The zero-order valence-electron chi connectivity index (χ0n) is 15.8. The van der Waals surface area contributed by atoms with Gasteiger partial charge in [-0.25, -0.2) is 4.79 Å². The fourth-order valence-corrected chi connectivity index (χ4v) is 4.16. The van der Waals surface area contributed by atoms with E-state index in [-0.39, 0.29) is 0 Å². The van der Waals surface area contributed by atoms with Crippen LogP contribution in [0.4, 0.5) is 0 Å². The number of nitrogens with one attached hydrogen (secondary N) is 1. The molecule has 3 aromatic carbocycles. The Labute approximate surface area is 198 Å². The van der Waals surface area contributed by atoms with Gasteiger partial charge in [0.1, 0.15) is 12.4 Å². The normalized spacial score (nSPS) is 11.3. The van der Waals surface area contributed by atoms with Crippen molar-refractivity contribution in [3.8, 4) is 5.75 Å². The molecule has 156 valence electrons. The lowest BCUT2D eigenvalue weighted by atomic mass is 10.2. The summed E-state index contributed by atoms with van der Waals surface area (Å²) < 4.78 is 8.35. The summed E-state index contributed by atoms with van der Waals surface area (Å²) in [4.78, 5) is 27.7. The number of rotatable bonds is 5. The lowest BCUT2D eigenvalue weighted by Crippen LogP contribution is -2.32. The van der Waals surface area contributed by atoms with E-state index in [2.05, 4.69) is 41.9 Å². The van der Waals surface area contributed by atoms with Gasteiger partial charge in [0.2, 0.25) is 0 Å². The van der Waals surface area contributed by atoms with Crippen molar-refractivity contribution in [1.82, 2.24) is 9.66 Å². The first-order chi connectivity index (χ1) is 14.9. The standard InChI is InChI=1S/C22H14Br2ClN3O3/c23-15-7-5-13(6-8-15)12-31-20-14(9-16(25)10-18(20)24)11-26-28-21(29)17-3-1-2-4-19(17)27-22(28)30/h1-11H,12H2,(H,27,30). The number of nitrogens with zero attached hydrogens (tertiary/aromatic N) is 2. The number of benzene rings is 3. The monoisotopic (exact) mass is 561 g/mol. The Hall–Kier alpha value is -2.68. The molecule has 31 heavy (non-hydrogen) atoms. The lowest BCUT2D eigenvalue weighted by molar-refractivity contribution is 0.304. The second kappa shape index (κ2) is 9.21. The van der Waals surface area contributed by atoms with Gasteiger partial charge in [-0.2, -0.15) is 5.10 Å². The van der Waals surface area contributed by atoms with E-state index in [9.17, 15) is 9.59 Å². The number of hydrogen-bond acceptors (Lipinski definition) is 4. The van der Waals surface area contributed by atoms with Crippen LogP contribution in [0.5, 0.6) is 5.75 Å². The molecule has 9 heteroatoms. The third-order valence-corrected chi connectivity index (χ3v) is 5.77. The van der Waals surface area contributed by atoms with E-state index >= 15 is 0 Å². The largest absolute Gasteiger partial charge is 0.487 e. The number of hydrogen-bond donors (Lipinski definition) is 1. The molecule has 0 aliphatic heterocycles. The highest BCUT2D eigenvalue weighted by atomic mass is 79.9. The molecule has 0 radical (unpaired) electrons. The van der Waals surface area contributed by atoms with Gasteiger partial charge >= 0.3 is 5.69 Å². The fourth-order valence-electron chi connectivity index (χ4n) is 2.94. The van der Waals surface area contributed by atoms with E-state index in [1.807, 2.05) is 24.3 Å². The summed E-state index contributed by atoms with van der Waals surface area (Å²) in [7, 11) is 0. The lowest BCUT2D eigenvalue weighted by Gasteiger charge is -2.12. The van der Waals surface area contributed by atoms with E-state index in [1.54, 1.807) is 36.4 Å². The molecule has 0 spiro atoms. The summed E-state index contributed by atoms with van der Waals surface area (Å²) >= 11 is 13.1. The van der Waals surface area contributed by atoms with Crippen molar-refractivity contribution in [3.63, 3.8) is 0 Å². The summed E-state index contributed by atoms with van der Waals surface area (Å²) in [6.45, 7) is 0.310. The zero-order valence-corrected chi connectivity index (χ0v) is 19.7. The first-order valence-corrected chi connectivity index (χ1v) is 11.0. The molecule has 0 bridgehead atoms. The second-order valence-electron chi connectivity index (χ2n) is 6.56. The third-order valence-electron chi connectivity index (χ3n) is 4.43. The maximum Gasteiger partial charge on any atom is 0.349 e. The molecular weight excluding hydrogens is 550 g/mol. The van der Waals surface area contributed by atoms with Gasteiger partial charge < -0.3 is 9.72 Å². The van der Waals surface area contributed by atoms with E-state index in [0.717, 1.165) is 14.7 Å². The highest BCUT2D eigenvalue weighted by Crippen LogP contribution is 2.32. The van der Waals surface area contributed by atoms with Crippen LogP contribution in [0.3, 0.4) is 0 Å². The highest BCUT2D eigenvalue weighted by molar-refractivity contribution is 9.10. The molecule has 6 nitrogen and oxygen atoms in total. The Balaban J connectivity index is 1.71. The average Bonchev–Trinajstić information content (AvgIpc) is 2.74. The molecule has 0 aliphatic carbocycles. The maximum absolute atomic E-state index is 12.7. The van der Waals surface area contributed by atoms with E-state index in [0.29, 0.717) is 38.3 Å². The van der Waals surface area contributed by atoms with Crippen LogP contribution in [0.1, 0.15) is 11.1 Å². The predicted molar refractivity (Wildman–Crippen MR) is 129 cm³/mol. The van der Waals surface area contributed by atoms with E-state index in [1.165, 1.54) is 6.21 Å². The third kappa shape index (κ3) is 4.81. The van der Waals surface area contributed by atoms with Gasteiger partial charge in [-0.15, -0.1) is 4.68 Å². The van der Waals surface area contributed by atoms with Crippen LogP contribution in [0.2, 0.25) is 5.02 Å². The molecule has 0 unspecified atom stereocenters. The average molecular weight is 564 g/mol. The zero-order chi connectivity index (χ0) is 22.0. The van der Waals surface area contributed by atoms with Crippen molar-refractivity contribution in [3.05, 3.63) is 107 Å². The Morgan fingerprint density at radius 1 is 1.06 bits per heavy atom. The number of H-pyrrole nitrogens is 1. The number of halogens is 3. The summed E-state index contributed by atoms with van der Waals surface area (Å²) in [6.07, 6.45) is 1.37. The minimum absolute atomic E-state index is 0.310. The molecule has 0 fully saturated rings. The van der Waals surface area contributed by atoms with Crippen molar-refractivity contribution in [1.29, 1.82) is 0 Å². The summed E-state index contributed by atoms with van der Waals surface area (Å²) in [5, 5.41) is 4.91. The second-order valence-corrected chi connectivity index (χ2v) is 8.76. The number of fused-ring (bicyclic) bond motifs is 1. The Bertz CT molecular complexity index is 1410. The minimum atomic E-state index is -0.640. The topological polar surface area (TPSA) is 76.5 Å². The van der Waals surface area contributed by atoms with Crippen molar-refractivity contribution in [2.45, 2.75) is 6.61 Å². The smallest absolute Gasteiger partial charge is 0.349 e. The summed E-state index contributed by atoms with van der Waals surface area (Å²) in [5.74, 6) is 0.487. The van der Waals surface area contributed by atoms with Gasteiger partial charge in [0.15, 0.2) is 0 Å². The Kier molecular flexibility index (Phi) is 6.41. The number of para-hydroxylation sites is 1. The van der Waals surface area contributed by atoms with Crippen LogP contribution in [0.15, 0.2) is 84.3 Å². The molecule has 0 atom stereocenters. The summed E-state index contributed by atoms with van der Waals surface area (Å²) in [5.41, 5.74) is 0.770. The first-order valence-electron chi connectivity index (χ1n) is 9.07. The molecule has 1 heterocycles. The molecule has 0 aliphatic rings. The Morgan fingerprint density at radius 3 is 2.58 bits per heavy atom. The van der Waals surface area contributed by atoms with Crippen LogP contribution in [-0.4, -0.2) is 15.9 Å². The summed E-state index contributed by atoms with van der Waals surface area (Å²) in [6, 6.07) is 17.8. The quantitative estimate of drug-likeness (QED) is 0.334. The highest BCUT2D eigenvalue weighted by Gasteiger charge is 2.11. The molecule has 4 rings (SSSR count). The number of aromatic nitrogens is 2. The Morgan fingerprint density at radius 2 is 1.81 bits per heavy atom. The van der Waals surface area contributed by atoms with Crippen LogP contribution < -0.4 is 16.0 Å². The van der Waals surface area contributed by atoms with Crippen molar-refractivity contribution in [2.24, 2.45) is 5.10 Å². The maximum atomic E-state index is 12.7. The van der Waals surface area contributed by atoms with Gasteiger partial charge in [0, 0.05) is 15.1 Å². The fraction of sp³-hybridized carbons (Fsp3) is 0.0455. The molecule has 1 aromatic heterocycles. The predicted octanol–water partition coefficient (Wildman–Crippen LogP) is 5.33. The van der Waals surface area contributed by atoms with E-state index < -0.39 is 11.2 Å². The van der Waals surface area contributed by atoms with Crippen molar-refractivity contribution in [2.75, 3.05) is 0 Å². The van der Waals surface area contributed by atoms with Crippen LogP contribution in [0, 0.1) is 0 Å². The SMILES string of the molecule is O=c1[nH]c2ccccc2c(=O)n1N=Cc1cc(Cl)cc(Br)c1OCc1ccc(Br)cc1. The molecule has 0 saturated heterocycles. The number of ether oxygens (including phenoxy) is 1. The van der Waals surface area contributed by atoms with Crippen molar-refractivity contribution >= 4 is 60.6 Å². The molecular formula is C22H14Br2ClN3O3. The van der Waals surface area contributed by atoms with Gasteiger partial charge in [-0.05, 0) is 57.9 Å². The van der Waals surface area contributed by atoms with Crippen LogP contribution >= 0.6 is 43.5 Å². The number of aromatic amines is 1. The molecule has 0 amide bonds. The minimum Gasteiger partial charge on any atom is -0.487 e.